The number of para-hydroxylation sites is 2. The van der Waals surface area contributed by atoms with Crippen molar-refractivity contribution >= 4 is 11.6 Å². The smallest absolute Gasteiger partial charge is 0.194 e. The Labute approximate surface area is 154 Å². The summed E-state index contributed by atoms with van der Waals surface area (Å²) in [4.78, 5) is 8.80. The van der Waals surface area contributed by atoms with Crippen molar-refractivity contribution in [1.29, 1.82) is 0 Å². The zero-order valence-corrected chi connectivity index (χ0v) is 15.6. The molecule has 0 atom stereocenters. The molecule has 0 spiro atoms. The molecule has 0 unspecified atom stereocenters. The van der Waals surface area contributed by atoms with Gasteiger partial charge in [-0.05, 0) is 18.1 Å². The molecule has 0 aliphatic carbocycles. The van der Waals surface area contributed by atoms with Gasteiger partial charge in [-0.25, -0.2) is 0 Å². The summed E-state index contributed by atoms with van der Waals surface area (Å²) < 4.78 is 5.37. The zero-order valence-electron chi connectivity index (χ0n) is 15.6. The summed E-state index contributed by atoms with van der Waals surface area (Å²) in [6.45, 7) is 8.08. The first-order valence-corrected chi connectivity index (χ1v) is 9.02. The standard InChI is InChI=1S/C19H27N5O2/c1-14(2)16-12-15(26-22-16)13-21-19(20-3)24-10-8-23(9-11-24)17-6-4-5-7-18(17)25/h4-7,12,14,25H,8-11,13H2,1-3H3,(H,20,21). The third-order valence-corrected chi connectivity index (χ3v) is 4.60. The third-order valence-electron chi connectivity index (χ3n) is 4.60. The van der Waals surface area contributed by atoms with Gasteiger partial charge in [-0.2, -0.15) is 0 Å². The molecule has 3 rings (SSSR count). The van der Waals surface area contributed by atoms with Crippen LogP contribution in [0.4, 0.5) is 5.69 Å². The van der Waals surface area contributed by atoms with Gasteiger partial charge in [-0.15, -0.1) is 0 Å². The van der Waals surface area contributed by atoms with E-state index in [1.165, 1.54) is 0 Å². The van der Waals surface area contributed by atoms with Gasteiger partial charge in [0.05, 0.1) is 17.9 Å². The fourth-order valence-electron chi connectivity index (χ4n) is 3.07. The molecule has 1 fully saturated rings. The molecule has 1 aliphatic rings. The highest BCUT2D eigenvalue weighted by atomic mass is 16.5. The van der Waals surface area contributed by atoms with Crippen LogP contribution in [-0.2, 0) is 6.54 Å². The van der Waals surface area contributed by atoms with E-state index in [9.17, 15) is 5.11 Å². The Balaban J connectivity index is 1.54. The van der Waals surface area contributed by atoms with E-state index in [1.807, 2.05) is 24.3 Å². The predicted octanol–water partition coefficient (Wildman–Crippen LogP) is 2.40. The molecule has 7 nitrogen and oxygen atoms in total. The molecule has 0 amide bonds. The van der Waals surface area contributed by atoms with Crippen molar-refractivity contribution in [2.24, 2.45) is 4.99 Å². The first-order chi connectivity index (χ1) is 12.6. The molecule has 26 heavy (non-hydrogen) atoms. The monoisotopic (exact) mass is 357 g/mol. The lowest BCUT2D eigenvalue weighted by atomic mass is 10.1. The number of guanidine groups is 1. The van der Waals surface area contributed by atoms with E-state index in [1.54, 1.807) is 13.1 Å². The van der Waals surface area contributed by atoms with Gasteiger partial charge in [0, 0.05) is 39.3 Å². The largest absolute Gasteiger partial charge is 0.506 e. The van der Waals surface area contributed by atoms with E-state index in [0.29, 0.717) is 18.2 Å². The summed E-state index contributed by atoms with van der Waals surface area (Å²) >= 11 is 0. The number of aliphatic imine (C=N–C) groups is 1. The van der Waals surface area contributed by atoms with Crippen molar-refractivity contribution in [3.8, 4) is 5.75 Å². The van der Waals surface area contributed by atoms with Crippen molar-refractivity contribution in [3.63, 3.8) is 0 Å². The molecule has 140 valence electrons. The topological polar surface area (TPSA) is 77.1 Å². The highest BCUT2D eigenvalue weighted by molar-refractivity contribution is 5.80. The SMILES string of the molecule is CN=C(NCc1cc(C(C)C)no1)N1CCN(c2ccccc2O)CC1. The van der Waals surface area contributed by atoms with Gasteiger partial charge in [0.25, 0.3) is 0 Å². The molecular weight excluding hydrogens is 330 g/mol. The van der Waals surface area contributed by atoms with E-state index in [0.717, 1.165) is 49.3 Å². The third kappa shape index (κ3) is 4.09. The summed E-state index contributed by atoms with van der Waals surface area (Å²) in [6, 6.07) is 9.46. The Kier molecular flexibility index (Phi) is 5.65. The Morgan fingerprint density at radius 3 is 2.62 bits per heavy atom. The fourth-order valence-corrected chi connectivity index (χ4v) is 3.07. The Bertz CT molecular complexity index is 748. The minimum absolute atomic E-state index is 0.328. The van der Waals surface area contributed by atoms with Gasteiger partial charge in [0.15, 0.2) is 11.7 Å². The highest BCUT2D eigenvalue weighted by Crippen LogP contribution is 2.27. The lowest BCUT2D eigenvalue weighted by molar-refractivity contribution is 0.354. The molecule has 0 saturated carbocycles. The molecule has 7 heteroatoms. The maximum absolute atomic E-state index is 10.0. The number of nitrogens with one attached hydrogen (secondary N) is 1. The normalized spacial score (nSPS) is 15.6. The van der Waals surface area contributed by atoms with Crippen LogP contribution in [0.15, 0.2) is 39.8 Å². The van der Waals surface area contributed by atoms with Crippen molar-refractivity contribution < 1.29 is 9.63 Å². The summed E-state index contributed by atoms with van der Waals surface area (Å²) in [5, 5.41) is 17.5. The van der Waals surface area contributed by atoms with Crippen molar-refractivity contribution in [3.05, 3.63) is 41.8 Å². The summed E-state index contributed by atoms with van der Waals surface area (Å²) in [7, 11) is 1.79. The van der Waals surface area contributed by atoms with Crippen LogP contribution in [0.3, 0.4) is 0 Å². The second kappa shape index (κ2) is 8.12. The second-order valence-corrected chi connectivity index (χ2v) is 6.74. The van der Waals surface area contributed by atoms with Crippen LogP contribution in [0.1, 0.15) is 31.2 Å². The minimum Gasteiger partial charge on any atom is -0.506 e. The van der Waals surface area contributed by atoms with E-state index in [4.69, 9.17) is 4.52 Å². The molecule has 1 saturated heterocycles. The number of piperazine rings is 1. The van der Waals surface area contributed by atoms with Gasteiger partial charge in [0.2, 0.25) is 0 Å². The van der Waals surface area contributed by atoms with Gasteiger partial charge < -0.3 is 24.7 Å². The van der Waals surface area contributed by atoms with Crippen LogP contribution < -0.4 is 10.2 Å². The highest BCUT2D eigenvalue weighted by Gasteiger charge is 2.21. The number of hydrogen-bond acceptors (Lipinski definition) is 5. The van der Waals surface area contributed by atoms with Gasteiger partial charge in [-0.1, -0.05) is 31.1 Å². The molecular formula is C19H27N5O2. The maximum atomic E-state index is 10.0. The Morgan fingerprint density at radius 2 is 2.00 bits per heavy atom. The van der Waals surface area contributed by atoms with Crippen LogP contribution in [0.25, 0.3) is 0 Å². The fraction of sp³-hybridized carbons (Fsp3) is 0.474. The molecule has 1 aromatic carbocycles. The average Bonchev–Trinajstić information content (AvgIpc) is 3.13. The van der Waals surface area contributed by atoms with E-state index in [2.05, 4.69) is 39.1 Å². The summed E-state index contributed by atoms with van der Waals surface area (Å²) in [5.74, 6) is 2.34. The van der Waals surface area contributed by atoms with Crippen molar-refractivity contribution in [1.82, 2.24) is 15.4 Å². The van der Waals surface area contributed by atoms with E-state index < -0.39 is 0 Å². The zero-order chi connectivity index (χ0) is 18.5. The van der Waals surface area contributed by atoms with Crippen LogP contribution in [-0.4, -0.2) is 54.3 Å². The van der Waals surface area contributed by atoms with Crippen molar-refractivity contribution in [2.45, 2.75) is 26.3 Å². The first-order valence-electron chi connectivity index (χ1n) is 9.02. The number of nitrogens with zero attached hydrogens (tertiary/aromatic N) is 4. The molecule has 2 N–H and O–H groups in total. The van der Waals surface area contributed by atoms with Gasteiger partial charge in [0.1, 0.15) is 5.75 Å². The van der Waals surface area contributed by atoms with Crippen LogP contribution in [0, 0.1) is 0 Å². The number of rotatable bonds is 4. The number of aromatic hydroxyl groups is 1. The van der Waals surface area contributed by atoms with E-state index >= 15 is 0 Å². The molecule has 1 aliphatic heterocycles. The van der Waals surface area contributed by atoms with Gasteiger partial charge >= 0.3 is 0 Å². The molecule has 1 aromatic heterocycles. The lowest BCUT2D eigenvalue weighted by Crippen LogP contribution is -2.52. The number of hydrogen-bond donors (Lipinski definition) is 2. The average molecular weight is 357 g/mol. The number of phenols is 1. The number of aromatic nitrogens is 1. The van der Waals surface area contributed by atoms with Crippen molar-refractivity contribution in [2.75, 3.05) is 38.1 Å². The van der Waals surface area contributed by atoms with Crippen LogP contribution in [0.2, 0.25) is 0 Å². The minimum atomic E-state index is 0.328. The Morgan fingerprint density at radius 1 is 1.27 bits per heavy atom. The number of phenolic OH excluding ortho intramolecular Hbond substituents is 1. The number of benzene rings is 1. The van der Waals surface area contributed by atoms with E-state index in [-0.39, 0.29) is 0 Å². The first kappa shape index (κ1) is 18.1. The summed E-state index contributed by atoms with van der Waals surface area (Å²) in [6.07, 6.45) is 0. The quantitative estimate of drug-likeness (QED) is 0.646. The van der Waals surface area contributed by atoms with Crippen LogP contribution >= 0.6 is 0 Å². The van der Waals surface area contributed by atoms with Crippen LogP contribution in [0.5, 0.6) is 5.75 Å². The molecule has 2 heterocycles. The molecule has 0 bridgehead atoms. The molecule has 2 aromatic rings. The maximum Gasteiger partial charge on any atom is 0.194 e. The lowest BCUT2D eigenvalue weighted by Gasteiger charge is -2.37. The second-order valence-electron chi connectivity index (χ2n) is 6.74. The van der Waals surface area contributed by atoms with Gasteiger partial charge in [-0.3, -0.25) is 4.99 Å². The number of anilines is 1. The molecule has 0 radical (unpaired) electrons. The summed E-state index contributed by atoms with van der Waals surface area (Å²) in [5.41, 5.74) is 1.85. The predicted molar refractivity (Wildman–Crippen MR) is 103 cm³/mol. The Hall–Kier alpha value is -2.70.